The van der Waals surface area contributed by atoms with Gasteiger partial charge < -0.3 is 14.6 Å². The van der Waals surface area contributed by atoms with Crippen molar-refractivity contribution in [3.05, 3.63) is 17.8 Å². The van der Waals surface area contributed by atoms with Crippen LogP contribution in [-0.2, 0) is 12.8 Å². The topological polar surface area (TPSA) is 41.3 Å². The molecule has 108 valence electrons. The predicted molar refractivity (Wildman–Crippen MR) is 77.3 cm³/mol. The standard InChI is InChI=1S/C15H27N3O/c1-12(2)18-8-5-13(6-9-18)10-15-17-11-14(19-15)4-7-16-3/h11-13,16H,4-10H2,1-3H3. The number of rotatable bonds is 6. The molecule has 0 unspecified atom stereocenters. The van der Waals surface area contributed by atoms with Crippen LogP contribution in [0.5, 0.6) is 0 Å². The molecule has 0 aliphatic carbocycles. The van der Waals surface area contributed by atoms with Gasteiger partial charge in [-0.05, 0) is 52.7 Å². The molecule has 19 heavy (non-hydrogen) atoms. The zero-order valence-electron chi connectivity index (χ0n) is 12.5. The van der Waals surface area contributed by atoms with Crippen molar-refractivity contribution in [2.24, 2.45) is 5.92 Å². The van der Waals surface area contributed by atoms with E-state index in [0.29, 0.717) is 6.04 Å². The number of nitrogens with one attached hydrogen (secondary N) is 1. The molecule has 4 nitrogen and oxygen atoms in total. The zero-order valence-corrected chi connectivity index (χ0v) is 12.5. The van der Waals surface area contributed by atoms with E-state index < -0.39 is 0 Å². The maximum absolute atomic E-state index is 5.80. The van der Waals surface area contributed by atoms with Gasteiger partial charge in [0.2, 0.25) is 0 Å². The molecule has 1 fully saturated rings. The van der Waals surface area contributed by atoms with Crippen molar-refractivity contribution in [2.45, 2.75) is 45.6 Å². The van der Waals surface area contributed by atoms with Crippen molar-refractivity contribution in [3.8, 4) is 0 Å². The molecule has 4 heteroatoms. The third kappa shape index (κ3) is 4.32. The fourth-order valence-electron chi connectivity index (χ4n) is 2.73. The molecule has 0 spiro atoms. The van der Waals surface area contributed by atoms with Gasteiger partial charge in [0.15, 0.2) is 5.89 Å². The number of hydrogen-bond acceptors (Lipinski definition) is 4. The highest BCUT2D eigenvalue weighted by Crippen LogP contribution is 2.22. The summed E-state index contributed by atoms with van der Waals surface area (Å²) in [5.41, 5.74) is 0. The van der Waals surface area contributed by atoms with E-state index in [1.165, 1.54) is 25.9 Å². The van der Waals surface area contributed by atoms with Gasteiger partial charge in [-0.1, -0.05) is 0 Å². The lowest BCUT2D eigenvalue weighted by atomic mass is 9.93. The molecule has 0 aromatic carbocycles. The van der Waals surface area contributed by atoms with Crippen LogP contribution in [0, 0.1) is 5.92 Å². The molecule has 0 saturated carbocycles. The third-order valence-electron chi connectivity index (χ3n) is 4.07. The lowest BCUT2D eigenvalue weighted by Gasteiger charge is -2.34. The van der Waals surface area contributed by atoms with E-state index in [0.717, 1.165) is 37.0 Å². The van der Waals surface area contributed by atoms with E-state index in [4.69, 9.17) is 4.42 Å². The predicted octanol–water partition coefficient (Wildman–Crippen LogP) is 2.10. The van der Waals surface area contributed by atoms with Crippen LogP contribution in [0.1, 0.15) is 38.3 Å². The maximum atomic E-state index is 5.80. The van der Waals surface area contributed by atoms with Crippen molar-refractivity contribution in [3.63, 3.8) is 0 Å². The molecule has 1 N–H and O–H groups in total. The Labute approximate surface area is 116 Å². The number of nitrogens with zero attached hydrogens (tertiary/aromatic N) is 2. The van der Waals surface area contributed by atoms with Crippen LogP contribution in [-0.4, -0.2) is 42.6 Å². The number of likely N-dealkylation sites (tertiary alicyclic amines) is 1. The molecule has 0 atom stereocenters. The van der Waals surface area contributed by atoms with Crippen molar-refractivity contribution in [2.75, 3.05) is 26.7 Å². The van der Waals surface area contributed by atoms with E-state index >= 15 is 0 Å². The Morgan fingerprint density at radius 1 is 1.42 bits per heavy atom. The fraction of sp³-hybridized carbons (Fsp3) is 0.800. The second-order valence-electron chi connectivity index (χ2n) is 5.85. The van der Waals surface area contributed by atoms with E-state index in [1.807, 2.05) is 13.2 Å². The Kier molecular flexibility index (Phi) is 5.40. The van der Waals surface area contributed by atoms with E-state index in [2.05, 4.69) is 29.0 Å². The minimum atomic E-state index is 0.677. The van der Waals surface area contributed by atoms with Crippen LogP contribution in [0.25, 0.3) is 0 Å². The molecule has 2 rings (SSSR count). The summed E-state index contributed by atoms with van der Waals surface area (Å²) < 4.78 is 5.80. The van der Waals surface area contributed by atoms with Gasteiger partial charge in [-0.25, -0.2) is 4.98 Å². The minimum absolute atomic E-state index is 0.677. The summed E-state index contributed by atoms with van der Waals surface area (Å²) in [6.45, 7) is 7.94. The van der Waals surface area contributed by atoms with Crippen molar-refractivity contribution in [1.29, 1.82) is 0 Å². The van der Waals surface area contributed by atoms with Crippen molar-refractivity contribution < 1.29 is 4.42 Å². The van der Waals surface area contributed by atoms with Crippen molar-refractivity contribution in [1.82, 2.24) is 15.2 Å². The Morgan fingerprint density at radius 2 is 2.16 bits per heavy atom. The minimum Gasteiger partial charge on any atom is -0.446 e. The van der Waals surface area contributed by atoms with E-state index in [1.54, 1.807) is 0 Å². The van der Waals surface area contributed by atoms with Crippen LogP contribution in [0.3, 0.4) is 0 Å². The molecule has 1 saturated heterocycles. The summed E-state index contributed by atoms with van der Waals surface area (Å²) in [5.74, 6) is 2.67. The molecular weight excluding hydrogens is 238 g/mol. The van der Waals surface area contributed by atoms with Gasteiger partial charge in [0.05, 0.1) is 6.20 Å². The Morgan fingerprint density at radius 3 is 2.79 bits per heavy atom. The average Bonchev–Trinajstić information content (AvgIpc) is 2.84. The van der Waals surface area contributed by atoms with Crippen LogP contribution in [0.4, 0.5) is 0 Å². The summed E-state index contributed by atoms with van der Waals surface area (Å²) in [6.07, 6.45) is 6.36. The first-order valence-corrected chi connectivity index (χ1v) is 7.51. The van der Waals surface area contributed by atoms with Gasteiger partial charge in [-0.15, -0.1) is 0 Å². The maximum Gasteiger partial charge on any atom is 0.194 e. The normalized spacial score (nSPS) is 18.3. The summed E-state index contributed by atoms with van der Waals surface area (Å²) in [5, 5.41) is 3.13. The first-order valence-electron chi connectivity index (χ1n) is 7.51. The van der Waals surface area contributed by atoms with E-state index in [-0.39, 0.29) is 0 Å². The monoisotopic (exact) mass is 265 g/mol. The van der Waals surface area contributed by atoms with Gasteiger partial charge in [0, 0.05) is 25.4 Å². The highest BCUT2D eigenvalue weighted by molar-refractivity contribution is 4.96. The van der Waals surface area contributed by atoms with Gasteiger partial charge in [-0.3, -0.25) is 0 Å². The summed E-state index contributed by atoms with van der Waals surface area (Å²) >= 11 is 0. The first kappa shape index (κ1) is 14.5. The molecule has 0 bridgehead atoms. The van der Waals surface area contributed by atoms with Gasteiger partial charge in [0.1, 0.15) is 5.76 Å². The van der Waals surface area contributed by atoms with Gasteiger partial charge >= 0.3 is 0 Å². The molecule has 1 aromatic rings. The highest BCUT2D eigenvalue weighted by Gasteiger charge is 2.22. The lowest BCUT2D eigenvalue weighted by Crippen LogP contribution is -2.38. The summed E-state index contributed by atoms with van der Waals surface area (Å²) in [7, 11) is 1.96. The SMILES string of the molecule is CNCCc1cnc(CC2CCN(C(C)C)CC2)o1. The molecule has 0 radical (unpaired) electrons. The van der Waals surface area contributed by atoms with Crippen molar-refractivity contribution >= 4 is 0 Å². The average molecular weight is 265 g/mol. The zero-order chi connectivity index (χ0) is 13.7. The summed E-state index contributed by atoms with van der Waals surface area (Å²) in [6, 6.07) is 0.677. The number of piperidine rings is 1. The second-order valence-corrected chi connectivity index (χ2v) is 5.85. The third-order valence-corrected chi connectivity index (χ3v) is 4.07. The smallest absolute Gasteiger partial charge is 0.194 e. The van der Waals surface area contributed by atoms with Crippen LogP contribution in [0.2, 0.25) is 0 Å². The Bertz CT molecular complexity index is 367. The molecular formula is C15H27N3O. The highest BCUT2D eigenvalue weighted by atomic mass is 16.4. The van der Waals surface area contributed by atoms with Crippen LogP contribution >= 0.6 is 0 Å². The Balaban J connectivity index is 1.77. The Hall–Kier alpha value is -0.870. The van der Waals surface area contributed by atoms with E-state index in [9.17, 15) is 0 Å². The lowest BCUT2D eigenvalue weighted by molar-refractivity contribution is 0.146. The molecule has 1 aliphatic heterocycles. The molecule has 0 amide bonds. The number of oxazole rings is 1. The first-order chi connectivity index (χ1) is 9.19. The quantitative estimate of drug-likeness (QED) is 0.855. The number of likely N-dealkylation sites (N-methyl/N-ethyl adjacent to an activating group) is 1. The molecule has 2 heterocycles. The molecule has 1 aromatic heterocycles. The second kappa shape index (κ2) is 7.06. The molecule has 1 aliphatic rings. The number of hydrogen-bond donors (Lipinski definition) is 1. The van der Waals surface area contributed by atoms with Gasteiger partial charge in [0.25, 0.3) is 0 Å². The largest absolute Gasteiger partial charge is 0.446 e. The van der Waals surface area contributed by atoms with Gasteiger partial charge in [-0.2, -0.15) is 0 Å². The van der Waals surface area contributed by atoms with Crippen LogP contribution in [0.15, 0.2) is 10.6 Å². The summed E-state index contributed by atoms with van der Waals surface area (Å²) in [4.78, 5) is 6.97. The number of aromatic nitrogens is 1. The fourth-order valence-corrected chi connectivity index (χ4v) is 2.73. The van der Waals surface area contributed by atoms with Crippen LogP contribution < -0.4 is 5.32 Å².